The smallest absolute Gasteiger partial charge is 0.268 e. The van der Waals surface area contributed by atoms with E-state index in [-0.39, 0.29) is 31.3 Å². The summed E-state index contributed by atoms with van der Waals surface area (Å²) in [6.07, 6.45) is 1.57. The number of aromatic nitrogens is 2. The Morgan fingerprint density at radius 2 is 1.72 bits per heavy atom. The summed E-state index contributed by atoms with van der Waals surface area (Å²) in [6, 6.07) is 2.24. The highest BCUT2D eigenvalue weighted by atomic mass is 32.1. The lowest BCUT2D eigenvalue weighted by Crippen LogP contribution is -2.30. The predicted molar refractivity (Wildman–Crippen MR) is 95.4 cm³/mol. The van der Waals surface area contributed by atoms with Gasteiger partial charge in [0.05, 0.1) is 24.9 Å². The van der Waals surface area contributed by atoms with Crippen LogP contribution in [0, 0.1) is 0 Å². The van der Waals surface area contributed by atoms with E-state index in [0.29, 0.717) is 18.0 Å². The topological polar surface area (TPSA) is 79.5 Å². The fraction of sp³-hybridized carbons (Fsp3) is 0.529. The number of hydrogen-bond acceptors (Lipinski definition) is 6. The van der Waals surface area contributed by atoms with Gasteiger partial charge in [-0.2, -0.15) is 0 Å². The van der Waals surface area contributed by atoms with E-state index >= 15 is 0 Å². The number of hydrogen-bond donors (Lipinski definition) is 0. The molecule has 25 heavy (non-hydrogen) atoms. The molecule has 7 nitrogen and oxygen atoms in total. The Hall–Kier alpha value is -2.22. The van der Waals surface area contributed by atoms with E-state index in [1.807, 2.05) is 27.7 Å². The van der Waals surface area contributed by atoms with Gasteiger partial charge >= 0.3 is 0 Å². The van der Waals surface area contributed by atoms with Gasteiger partial charge in [-0.25, -0.2) is 0 Å². The van der Waals surface area contributed by atoms with E-state index in [9.17, 15) is 9.59 Å². The molecule has 2 amide bonds. The first kappa shape index (κ1) is 19.1. The first-order chi connectivity index (χ1) is 11.4. The van der Waals surface area contributed by atoms with Crippen LogP contribution in [0.2, 0.25) is 0 Å². The zero-order valence-electron chi connectivity index (χ0n) is 14.1. The lowest BCUT2D eigenvalue weighted by molar-refractivity contribution is 0.0720. The molecule has 0 unspecified atom stereocenters. The normalized spacial score (nSPS) is 15.3. The maximum atomic E-state index is 11.6. The van der Waals surface area contributed by atoms with Crippen LogP contribution in [0.3, 0.4) is 0 Å². The molecule has 0 radical (unpaired) electrons. The van der Waals surface area contributed by atoms with Crippen molar-refractivity contribution >= 4 is 23.3 Å². The molecular weight excluding hydrogens is 340 g/mol. The summed E-state index contributed by atoms with van der Waals surface area (Å²) in [5.41, 5.74) is 1.56. The summed E-state index contributed by atoms with van der Waals surface area (Å²) in [7, 11) is 0. The van der Waals surface area contributed by atoms with Gasteiger partial charge in [-0.1, -0.05) is 11.9 Å². The zero-order chi connectivity index (χ0) is 17.4. The molecule has 0 aliphatic carbocycles. The van der Waals surface area contributed by atoms with Crippen molar-refractivity contribution in [3.05, 3.63) is 34.2 Å². The highest BCUT2D eigenvalue weighted by Crippen LogP contribution is 2.25. The van der Waals surface area contributed by atoms with E-state index in [0.717, 1.165) is 17.0 Å². The first-order valence-electron chi connectivity index (χ1n) is 7.89. The van der Waals surface area contributed by atoms with Crippen molar-refractivity contribution in [2.45, 2.75) is 60.3 Å². The fourth-order valence-electron chi connectivity index (χ4n) is 2.71. The van der Waals surface area contributed by atoms with Gasteiger partial charge in [0.2, 0.25) is 0 Å². The van der Waals surface area contributed by atoms with Gasteiger partial charge in [0.25, 0.3) is 11.8 Å². The highest BCUT2D eigenvalue weighted by Gasteiger charge is 2.32. The van der Waals surface area contributed by atoms with Crippen LogP contribution >= 0.6 is 11.5 Å². The standard InChI is InChI=1S/C9H11NO2.C7H9N3OS.CH4/c1-6(2)10-5-8-7(9(10)11)3-4-12-8;1-4(2)10-3-5-6(7(10)11)12-9-8-5;/h3-4,6H,5H2,1-2H3;4H,3H2,1-2H3;1H4. The van der Waals surface area contributed by atoms with Crippen molar-refractivity contribution in [2.75, 3.05) is 0 Å². The molecule has 8 heteroatoms. The molecule has 4 rings (SSSR count). The van der Waals surface area contributed by atoms with Crippen molar-refractivity contribution in [3.63, 3.8) is 0 Å². The number of carbonyl (C=O) groups excluding carboxylic acids is 2. The summed E-state index contributed by atoms with van der Waals surface area (Å²) in [6.45, 7) is 9.26. The molecule has 0 atom stereocenters. The molecule has 0 aromatic carbocycles. The minimum atomic E-state index is 0. The second-order valence-electron chi connectivity index (χ2n) is 6.36. The Morgan fingerprint density at radius 1 is 1.08 bits per heavy atom. The number of nitrogens with zero attached hydrogens (tertiary/aromatic N) is 4. The summed E-state index contributed by atoms with van der Waals surface area (Å²) in [5.74, 6) is 0.970. The molecule has 2 aliphatic rings. The van der Waals surface area contributed by atoms with Gasteiger partial charge in [-0.05, 0) is 45.3 Å². The Bertz CT molecular complexity index is 701. The molecule has 136 valence electrons. The molecule has 0 bridgehead atoms. The summed E-state index contributed by atoms with van der Waals surface area (Å²) >= 11 is 1.19. The van der Waals surface area contributed by atoms with Crippen LogP contribution in [-0.4, -0.2) is 43.3 Å². The van der Waals surface area contributed by atoms with Crippen LogP contribution in [-0.2, 0) is 13.1 Å². The van der Waals surface area contributed by atoms with E-state index in [2.05, 4.69) is 9.59 Å². The van der Waals surface area contributed by atoms with Crippen LogP contribution < -0.4 is 0 Å². The van der Waals surface area contributed by atoms with Gasteiger partial charge in [0.1, 0.15) is 16.3 Å². The van der Waals surface area contributed by atoms with Gasteiger partial charge in [0, 0.05) is 12.1 Å². The van der Waals surface area contributed by atoms with Gasteiger partial charge in [-0.3, -0.25) is 9.59 Å². The van der Waals surface area contributed by atoms with E-state index in [4.69, 9.17) is 4.42 Å². The minimum absolute atomic E-state index is 0. The number of amides is 2. The average molecular weight is 364 g/mol. The monoisotopic (exact) mass is 364 g/mol. The summed E-state index contributed by atoms with van der Waals surface area (Å²) < 4.78 is 8.90. The largest absolute Gasteiger partial charge is 0.467 e. The number of furan rings is 1. The lowest BCUT2D eigenvalue weighted by Gasteiger charge is -2.19. The van der Waals surface area contributed by atoms with Crippen molar-refractivity contribution in [3.8, 4) is 0 Å². The maximum Gasteiger partial charge on any atom is 0.268 e. The number of carbonyl (C=O) groups is 2. The van der Waals surface area contributed by atoms with Gasteiger partial charge in [0.15, 0.2) is 0 Å². The van der Waals surface area contributed by atoms with Crippen LogP contribution in [0.25, 0.3) is 0 Å². The second kappa shape index (κ2) is 7.35. The Balaban J connectivity index is 0.000000173. The number of rotatable bonds is 2. The van der Waals surface area contributed by atoms with Crippen LogP contribution in [0.5, 0.6) is 0 Å². The van der Waals surface area contributed by atoms with E-state index < -0.39 is 0 Å². The average Bonchev–Trinajstić information content (AvgIpc) is 3.24. The van der Waals surface area contributed by atoms with Gasteiger partial charge < -0.3 is 14.2 Å². The van der Waals surface area contributed by atoms with Crippen molar-refractivity contribution in [2.24, 2.45) is 0 Å². The fourth-order valence-corrected chi connectivity index (χ4v) is 3.33. The molecule has 2 aromatic rings. The molecule has 0 fully saturated rings. The Morgan fingerprint density at radius 3 is 2.28 bits per heavy atom. The summed E-state index contributed by atoms with van der Waals surface area (Å²) in [4.78, 5) is 27.4. The first-order valence-corrected chi connectivity index (χ1v) is 8.67. The quantitative estimate of drug-likeness (QED) is 0.818. The van der Waals surface area contributed by atoms with Crippen LogP contribution in [0.1, 0.15) is 66.6 Å². The third-order valence-electron chi connectivity index (χ3n) is 4.13. The SMILES string of the molecule is C.CC(C)N1Cc2nnsc2C1=O.CC(C)N1Cc2occc2C1=O. The Labute approximate surface area is 151 Å². The third kappa shape index (κ3) is 3.44. The molecule has 4 heterocycles. The van der Waals surface area contributed by atoms with Crippen molar-refractivity contribution in [1.29, 1.82) is 0 Å². The highest BCUT2D eigenvalue weighted by molar-refractivity contribution is 7.08. The molecule has 0 saturated carbocycles. The molecular formula is C17H24N4O3S. The molecule has 2 aliphatic heterocycles. The predicted octanol–water partition coefficient (Wildman–Crippen LogP) is 3.18. The van der Waals surface area contributed by atoms with Crippen LogP contribution in [0.4, 0.5) is 0 Å². The molecule has 2 aromatic heterocycles. The van der Waals surface area contributed by atoms with Gasteiger partial charge in [-0.15, -0.1) is 5.10 Å². The van der Waals surface area contributed by atoms with E-state index in [1.54, 1.807) is 22.1 Å². The van der Waals surface area contributed by atoms with Crippen molar-refractivity contribution in [1.82, 2.24) is 19.4 Å². The molecule has 0 saturated heterocycles. The second-order valence-corrected chi connectivity index (χ2v) is 7.11. The Kier molecular flexibility index (Phi) is 5.62. The maximum absolute atomic E-state index is 11.6. The van der Waals surface area contributed by atoms with Crippen molar-refractivity contribution < 1.29 is 14.0 Å². The molecule has 0 N–H and O–H groups in total. The lowest BCUT2D eigenvalue weighted by atomic mass is 10.3. The molecule has 0 spiro atoms. The number of fused-ring (bicyclic) bond motifs is 2. The third-order valence-corrected chi connectivity index (χ3v) is 4.88. The van der Waals surface area contributed by atoms with E-state index in [1.165, 1.54) is 11.5 Å². The minimum Gasteiger partial charge on any atom is -0.467 e. The summed E-state index contributed by atoms with van der Waals surface area (Å²) in [5, 5.41) is 3.89. The van der Waals surface area contributed by atoms with Crippen LogP contribution in [0.15, 0.2) is 16.7 Å². The zero-order valence-corrected chi connectivity index (χ0v) is 15.0.